The lowest BCUT2D eigenvalue weighted by atomic mass is 9.78. The second kappa shape index (κ2) is 12.2. The Morgan fingerprint density at radius 1 is 0.857 bits per heavy atom. The molecule has 124 valence electrons. The first-order valence-corrected chi connectivity index (χ1v) is 9.52. The van der Waals surface area contributed by atoms with E-state index in [1.165, 1.54) is 0 Å². The normalized spacial score (nSPS) is 11.2. The van der Waals surface area contributed by atoms with Gasteiger partial charge < -0.3 is 9.47 Å². The maximum atomic E-state index is 12.4. The van der Waals surface area contributed by atoms with Gasteiger partial charge in [0, 0.05) is 0 Å². The number of rotatable bonds is 12. The van der Waals surface area contributed by atoms with Gasteiger partial charge in [0.15, 0.2) is 5.41 Å². The fourth-order valence-electron chi connectivity index (χ4n) is 2.33. The van der Waals surface area contributed by atoms with Crippen molar-refractivity contribution in [3.63, 3.8) is 0 Å². The molecule has 0 saturated carbocycles. The van der Waals surface area contributed by atoms with Gasteiger partial charge in [-0.1, -0.05) is 55.2 Å². The molecular weight excluding hydrogens is 383 g/mol. The van der Waals surface area contributed by atoms with Gasteiger partial charge in [0.05, 0.1) is 13.2 Å². The van der Waals surface area contributed by atoms with Crippen molar-refractivity contribution in [2.24, 2.45) is 5.41 Å². The molecule has 0 rings (SSSR count). The largest absolute Gasteiger partial charge is 0.465 e. The molecule has 4 nitrogen and oxygen atoms in total. The van der Waals surface area contributed by atoms with Crippen molar-refractivity contribution < 1.29 is 19.1 Å². The van der Waals surface area contributed by atoms with E-state index in [0.29, 0.717) is 26.1 Å². The summed E-state index contributed by atoms with van der Waals surface area (Å²) >= 11 is 2.34. The molecule has 0 aliphatic rings. The Hall–Kier alpha value is -0.330. The highest BCUT2D eigenvalue weighted by atomic mass is 127. The summed E-state index contributed by atoms with van der Waals surface area (Å²) in [5.41, 5.74) is -1.10. The Morgan fingerprint density at radius 3 is 1.81 bits per heavy atom. The lowest BCUT2D eigenvalue weighted by molar-refractivity contribution is -0.173. The van der Waals surface area contributed by atoms with Crippen molar-refractivity contribution in [3.8, 4) is 0 Å². The van der Waals surface area contributed by atoms with Crippen molar-refractivity contribution in [3.05, 3.63) is 0 Å². The number of alkyl halides is 1. The van der Waals surface area contributed by atoms with Gasteiger partial charge in [-0.2, -0.15) is 0 Å². The van der Waals surface area contributed by atoms with Crippen LogP contribution in [0.15, 0.2) is 0 Å². The van der Waals surface area contributed by atoms with E-state index >= 15 is 0 Å². The quantitative estimate of drug-likeness (QED) is 0.158. The lowest BCUT2D eigenvalue weighted by Gasteiger charge is -2.29. The summed E-state index contributed by atoms with van der Waals surface area (Å²) in [6.45, 7) is 6.17. The number of ether oxygens (including phenoxy) is 2. The van der Waals surface area contributed by atoms with Crippen LogP contribution in [0.3, 0.4) is 0 Å². The first-order valence-electron chi connectivity index (χ1n) is 7.99. The number of carbonyl (C=O) groups excluding carboxylic acids is 2. The van der Waals surface area contributed by atoms with Crippen molar-refractivity contribution in [1.82, 2.24) is 0 Å². The predicted octanol–water partition coefficient (Wildman–Crippen LogP) is 4.28. The molecule has 0 bridgehead atoms. The van der Waals surface area contributed by atoms with Crippen LogP contribution in [0, 0.1) is 5.41 Å². The Balaban J connectivity index is 5.08. The number of unbranched alkanes of at least 4 members (excludes halogenated alkanes) is 3. The van der Waals surface area contributed by atoms with Gasteiger partial charge in [0.25, 0.3) is 0 Å². The van der Waals surface area contributed by atoms with Crippen LogP contribution in [0.2, 0.25) is 0 Å². The molecule has 0 aromatic carbocycles. The van der Waals surface area contributed by atoms with Gasteiger partial charge in [-0.05, 0) is 37.5 Å². The molecule has 0 unspecified atom stereocenters. The summed E-state index contributed by atoms with van der Waals surface area (Å²) in [6, 6.07) is 0. The minimum atomic E-state index is -1.10. The zero-order chi connectivity index (χ0) is 16.1. The smallest absolute Gasteiger partial charge is 0.323 e. The standard InChI is InChI=1S/C16H29IO4/c1-4-7-11-16(14(18)20-5-2,15(19)21-6-3)12-9-8-10-13-17/h4-13H2,1-3H3. The van der Waals surface area contributed by atoms with E-state index in [1.54, 1.807) is 13.8 Å². The minimum Gasteiger partial charge on any atom is -0.465 e. The lowest BCUT2D eigenvalue weighted by Crippen LogP contribution is -2.42. The highest BCUT2D eigenvalue weighted by Gasteiger charge is 2.47. The monoisotopic (exact) mass is 412 g/mol. The molecule has 0 N–H and O–H groups in total. The molecule has 5 heteroatoms. The van der Waals surface area contributed by atoms with Gasteiger partial charge in [-0.15, -0.1) is 0 Å². The summed E-state index contributed by atoms with van der Waals surface area (Å²) in [4.78, 5) is 24.9. The second-order valence-electron chi connectivity index (χ2n) is 5.13. The maximum absolute atomic E-state index is 12.4. The Kier molecular flexibility index (Phi) is 12.0. The first kappa shape index (κ1) is 20.7. The van der Waals surface area contributed by atoms with Crippen molar-refractivity contribution >= 4 is 34.5 Å². The van der Waals surface area contributed by atoms with Gasteiger partial charge >= 0.3 is 11.9 Å². The molecular formula is C16H29IO4. The number of carbonyl (C=O) groups is 2. The SMILES string of the molecule is CCCCC(CCCCCI)(C(=O)OCC)C(=O)OCC. The molecule has 0 spiro atoms. The first-order chi connectivity index (χ1) is 10.1. The highest BCUT2D eigenvalue weighted by Crippen LogP contribution is 2.35. The third-order valence-corrected chi connectivity index (χ3v) is 4.29. The minimum absolute atomic E-state index is 0.292. The van der Waals surface area contributed by atoms with Crippen LogP contribution < -0.4 is 0 Å². The van der Waals surface area contributed by atoms with E-state index in [9.17, 15) is 9.59 Å². The molecule has 21 heavy (non-hydrogen) atoms. The van der Waals surface area contributed by atoms with Crippen molar-refractivity contribution in [2.45, 2.75) is 65.7 Å². The highest BCUT2D eigenvalue weighted by molar-refractivity contribution is 14.1. The number of halogens is 1. The molecule has 0 atom stereocenters. The summed E-state index contributed by atoms with van der Waals surface area (Å²) in [6.07, 6.45) is 5.79. The third kappa shape index (κ3) is 6.98. The molecule has 0 aliphatic carbocycles. The van der Waals surface area contributed by atoms with E-state index in [-0.39, 0.29) is 0 Å². The van der Waals surface area contributed by atoms with Crippen LogP contribution in [0.1, 0.15) is 65.7 Å². The van der Waals surface area contributed by atoms with Crippen LogP contribution in [0.4, 0.5) is 0 Å². The Bertz CT molecular complexity index is 287. The Morgan fingerprint density at radius 2 is 1.38 bits per heavy atom. The molecule has 0 heterocycles. The van der Waals surface area contributed by atoms with Crippen LogP contribution >= 0.6 is 22.6 Å². The Labute approximate surface area is 142 Å². The van der Waals surface area contributed by atoms with Gasteiger partial charge in [-0.3, -0.25) is 9.59 Å². The molecule has 0 amide bonds. The molecule has 0 aromatic rings. The number of hydrogen-bond acceptors (Lipinski definition) is 4. The second-order valence-corrected chi connectivity index (χ2v) is 6.20. The predicted molar refractivity (Wildman–Crippen MR) is 92.6 cm³/mol. The number of hydrogen-bond donors (Lipinski definition) is 0. The summed E-state index contributed by atoms with van der Waals surface area (Å²) < 4.78 is 11.5. The summed E-state index contributed by atoms with van der Waals surface area (Å²) in [5, 5.41) is 0. The fraction of sp³-hybridized carbons (Fsp3) is 0.875. The molecule has 0 aliphatic heterocycles. The van der Waals surface area contributed by atoms with Crippen LogP contribution in [-0.2, 0) is 19.1 Å². The van der Waals surface area contributed by atoms with E-state index < -0.39 is 17.4 Å². The van der Waals surface area contributed by atoms with E-state index in [4.69, 9.17) is 9.47 Å². The average molecular weight is 412 g/mol. The molecule has 0 aromatic heterocycles. The van der Waals surface area contributed by atoms with E-state index in [0.717, 1.165) is 36.5 Å². The van der Waals surface area contributed by atoms with Crippen LogP contribution in [0.5, 0.6) is 0 Å². The van der Waals surface area contributed by atoms with Crippen molar-refractivity contribution in [2.75, 3.05) is 17.6 Å². The zero-order valence-corrected chi connectivity index (χ0v) is 15.7. The average Bonchev–Trinajstić information content (AvgIpc) is 2.47. The van der Waals surface area contributed by atoms with E-state index in [2.05, 4.69) is 29.5 Å². The van der Waals surface area contributed by atoms with Gasteiger partial charge in [0.1, 0.15) is 0 Å². The third-order valence-electron chi connectivity index (χ3n) is 3.53. The van der Waals surface area contributed by atoms with Gasteiger partial charge in [0.2, 0.25) is 0 Å². The number of esters is 2. The summed E-state index contributed by atoms with van der Waals surface area (Å²) in [5.74, 6) is -0.822. The topological polar surface area (TPSA) is 52.6 Å². The maximum Gasteiger partial charge on any atom is 0.323 e. The van der Waals surface area contributed by atoms with Crippen molar-refractivity contribution in [1.29, 1.82) is 0 Å². The fourth-order valence-corrected chi connectivity index (χ4v) is 2.87. The molecule has 0 saturated heterocycles. The van der Waals surface area contributed by atoms with E-state index in [1.807, 2.05) is 0 Å². The molecule has 0 radical (unpaired) electrons. The van der Waals surface area contributed by atoms with Crippen LogP contribution in [-0.4, -0.2) is 29.6 Å². The molecule has 0 fully saturated rings. The summed E-state index contributed by atoms with van der Waals surface area (Å²) in [7, 11) is 0. The van der Waals surface area contributed by atoms with Crippen LogP contribution in [0.25, 0.3) is 0 Å². The van der Waals surface area contributed by atoms with Gasteiger partial charge in [-0.25, -0.2) is 0 Å². The zero-order valence-electron chi connectivity index (χ0n) is 13.6.